The van der Waals surface area contributed by atoms with Crippen LogP contribution in [0.25, 0.3) is 0 Å². The molecule has 1 aliphatic heterocycles. The highest BCUT2D eigenvalue weighted by Gasteiger charge is 2.33. The SMILES string of the molecule is CCC1OCCC1C(Cc1ncnn1CC)NN. The number of hydrogen-bond donors (Lipinski definition) is 2. The highest BCUT2D eigenvalue weighted by molar-refractivity contribution is 4.94. The van der Waals surface area contributed by atoms with Crippen LogP contribution >= 0.6 is 0 Å². The molecule has 102 valence electrons. The van der Waals surface area contributed by atoms with Gasteiger partial charge in [0.2, 0.25) is 0 Å². The molecule has 1 saturated heterocycles. The molecule has 0 saturated carbocycles. The lowest BCUT2D eigenvalue weighted by atomic mass is 9.89. The van der Waals surface area contributed by atoms with Crippen molar-refractivity contribution < 1.29 is 4.74 Å². The molecule has 1 fully saturated rings. The molecule has 0 aromatic carbocycles. The van der Waals surface area contributed by atoms with Gasteiger partial charge in [-0.15, -0.1) is 0 Å². The Morgan fingerprint density at radius 1 is 1.61 bits per heavy atom. The maximum atomic E-state index is 5.73. The molecule has 0 spiro atoms. The molecule has 3 N–H and O–H groups in total. The Balaban J connectivity index is 2.05. The third-order valence-electron chi connectivity index (χ3n) is 3.79. The molecule has 3 atom stereocenters. The first-order chi connectivity index (χ1) is 8.80. The van der Waals surface area contributed by atoms with Crippen molar-refractivity contribution in [1.82, 2.24) is 20.2 Å². The van der Waals surface area contributed by atoms with Gasteiger partial charge < -0.3 is 4.74 Å². The maximum Gasteiger partial charge on any atom is 0.138 e. The lowest BCUT2D eigenvalue weighted by Gasteiger charge is -2.26. The summed E-state index contributed by atoms with van der Waals surface area (Å²) in [7, 11) is 0. The molecule has 6 heteroatoms. The molecule has 0 amide bonds. The molecule has 1 aliphatic rings. The molecular weight excluding hydrogens is 230 g/mol. The highest BCUT2D eigenvalue weighted by atomic mass is 16.5. The van der Waals surface area contributed by atoms with Crippen LogP contribution in [0.5, 0.6) is 0 Å². The molecule has 0 aliphatic carbocycles. The van der Waals surface area contributed by atoms with E-state index in [2.05, 4.69) is 29.4 Å². The second-order valence-corrected chi connectivity index (χ2v) is 4.74. The van der Waals surface area contributed by atoms with Crippen molar-refractivity contribution in [2.75, 3.05) is 6.61 Å². The monoisotopic (exact) mass is 253 g/mol. The van der Waals surface area contributed by atoms with E-state index in [0.29, 0.717) is 12.0 Å². The summed E-state index contributed by atoms with van der Waals surface area (Å²) in [5, 5.41) is 4.19. The van der Waals surface area contributed by atoms with Crippen LogP contribution in [-0.4, -0.2) is 33.5 Å². The van der Waals surface area contributed by atoms with E-state index in [-0.39, 0.29) is 6.04 Å². The molecule has 1 aromatic rings. The number of ether oxygens (including phenoxy) is 1. The second kappa shape index (κ2) is 6.26. The lowest BCUT2D eigenvalue weighted by Crippen LogP contribution is -2.45. The predicted octanol–water partition coefficient (Wildman–Crippen LogP) is 0.488. The largest absolute Gasteiger partial charge is 0.378 e. The quantitative estimate of drug-likeness (QED) is 0.570. The van der Waals surface area contributed by atoms with E-state index in [1.54, 1.807) is 6.33 Å². The fraction of sp³-hybridized carbons (Fsp3) is 0.833. The van der Waals surface area contributed by atoms with Gasteiger partial charge in [-0.1, -0.05) is 6.92 Å². The van der Waals surface area contributed by atoms with Crippen molar-refractivity contribution in [1.29, 1.82) is 0 Å². The number of hydrogen-bond acceptors (Lipinski definition) is 5. The topological polar surface area (TPSA) is 78.0 Å². The number of nitrogens with one attached hydrogen (secondary N) is 1. The van der Waals surface area contributed by atoms with Gasteiger partial charge in [0.15, 0.2) is 0 Å². The lowest BCUT2D eigenvalue weighted by molar-refractivity contribution is 0.0771. The fourth-order valence-electron chi connectivity index (χ4n) is 2.79. The predicted molar refractivity (Wildman–Crippen MR) is 68.6 cm³/mol. The van der Waals surface area contributed by atoms with E-state index in [0.717, 1.165) is 38.2 Å². The van der Waals surface area contributed by atoms with Crippen molar-refractivity contribution in [3.63, 3.8) is 0 Å². The van der Waals surface area contributed by atoms with Crippen LogP contribution in [0.4, 0.5) is 0 Å². The summed E-state index contributed by atoms with van der Waals surface area (Å²) in [4.78, 5) is 4.31. The molecule has 18 heavy (non-hydrogen) atoms. The number of nitrogens with two attached hydrogens (primary N) is 1. The van der Waals surface area contributed by atoms with Gasteiger partial charge in [0.05, 0.1) is 6.10 Å². The van der Waals surface area contributed by atoms with E-state index in [1.807, 2.05) is 4.68 Å². The van der Waals surface area contributed by atoms with Gasteiger partial charge in [0.25, 0.3) is 0 Å². The van der Waals surface area contributed by atoms with Gasteiger partial charge in [0.1, 0.15) is 12.2 Å². The zero-order valence-electron chi connectivity index (χ0n) is 11.2. The van der Waals surface area contributed by atoms with E-state index < -0.39 is 0 Å². The number of nitrogens with zero attached hydrogens (tertiary/aromatic N) is 3. The van der Waals surface area contributed by atoms with Crippen LogP contribution in [0.15, 0.2) is 6.33 Å². The molecule has 2 heterocycles. The van der Waals surface area contributed by atoms with Crippen LogP contribution in [-0.2, 0) is 17.7 Å². The van der Waals surface area contributed by atoms with Crippen molar-refractivity contribution in [2.45, 2.75) is 51.8 Å². The van der Waals surface area contributed by atoms with Crippen molar-refractivity contribution in [3.05, 3.63) is 12.2 Å². The van der Waals surface area contributed by atoms with Crippen LogP contribution in [0.2, 0.25) is 0 Å². The van der Waals surface area contributed by atoms with Crippen LogP contribution in [0, 0.1) is 5.92 Å². The summed E-state index contributed by atoms with van der Waals surface area (Å²) < 4.78 is 7.65. The molecule has 3 unspecified atom stereocenters. The number of aromatic nitrogens is 3. The van der Waals surface area contributed by atoms with E-state index in [9.17, 15) is 0 Å². The van der Waals surface area contributed by atoms with E-state index in [1.165, 1.54) is 0 Å². The summed E-state index contributed by atoms with van der Waals surface area (Å²) in [6, 6.07) is 0.201. The Kier molecular flexibility index (Phi) is 4.68. The molecule has 0 bridgehead atoms. The average Bonchev–Trinajstić information content (AvgIpc) is 3.03. The van der Waals surface area contributed by atoms with Crippen molar-refractivity contribution >= 4 is 0 Å². The Morgan fingerprint density at radius 3 is 3.11 bits per heavy atom. The molecule has 0 radical (unpaired) electrons. The standard InChI is InChI=1S/C12H23N5O/c1-3-11-9(5-6-18-11)10(16-13)7-12-14-8-15-17(12)4-2/h8-11,16H,3-7,13H2,1-2H3. The van der Waals surface area contributed by atoms with Gasteiger partial charge in [0, 0.05) is 31.5 Å². The summed E-state index contributed by atoms with van der Waals surface area (Å²) in [6.45, 7) is 5.90. The minimum absolute atomic E-state index is 0.201. The summed E-state index contributed by atoms with van der Waals surface area (Å²) in [6.07, 6.45) is 4.81. The Bertz CT molecular complexity index is 367. The van der Waals surface area contributed by atoms with Crippen molar-refractivity contribution in [3.8, 4) is 0 Å². The van der Waals surface area contributed by atoms with E-state index >= 15 is 0 Å². The van der Waals surface area contributed by atoms with Crippen molar-refractivity contribution in [2.24, 2.45) is 11.8 Å². The molecule has 2 rings (SSSR count). The zero-order valence-corrected chi connectivity index (χ0v) is 11.2. The summed E-state index contributed by atoms with van der Waals surface area (Å²) >= 11 is 0. The number of rotatable bonds is 6. The Morgan fingerprint density at radius 2 is 2.44 bits per heavy atom. The van der Waals surface area contributed by atoms with Gasteiger partial charge in [-0.2, -0.15) is 5.10 Å². The first-order valence-electron chi connectivity index (χ1n) is 6.74. The second-order valence-electron chi connectivity index (χ2n) is 4.74. The normalized spacial score (nSPS) is 25.5. The van der Waals surface area contributed by atoms with Gasteiger partial charge in [-0.05, 0) is 19.8 Å². The number of hydrazine groups is 1. The smallest absolute Gasteiger partial charge is 0.138 e. The molecule has 6 nitrogen and oxygen atoms in total. The fourth-order valence-corrected chi connectivity index (χ4v) is 2.79. The minimum atomic E-state index is 0.201. The molecule has 1 aromatic heterocycles. The van der Waals surface area contributed by atoms with Gasteiger partial charge in [-0.25, -0.2) is 4.98 Å². The third-order valence-corrected chi connectivity index (χ3v) is 3.79. The van der Waals surface area contributed by atoms with Crippen LogP contribution in [0.3, 0.4) is 0 Å². The first kappa shape index (κ1) is 13.5. The van der Waals surface area contributed by atoms with E-state index in [4.69, 9.17) is 10.6 Å². The van der Waals surface area contributed by atoms with Crippen LogP contribution < -0.4 is 11.3 Å². The van der Waals surface area contributed by atoms with Gasteiger partial charge >= 0.3 is 0 Å². The summed E-state index contributed by atoms with van der Waals surface area (Å²) in [5.41, 5.74) is 2.94. The zero-order chi connectivity index (χ0) is 13.0. The number of aryl methyl sites for hydroxylation is 1. The Labute approximate surface area is 108 Å². The Hall–Kier alpha value is -0.980. The van der Waals surface area contributed by atoms with Gasteiger partial charge in [-0.3, -0.25) is 16.0 Å². The summed E-state index contributed by atoms with van der Waals surface area (Å²) in [5.74, 6) is 7.16. The van der Waals surface area contributed by atoms with Crippen LogP contribution in [0.1, 0.15) is 32.5 Å². The first-order valence-corrected chi connectivity index (χ1v) is 6.74. The molecular formula is C12H23N5O. The highest BCUT2D eigenvalue weighted by Crippen LogP contribution is 2.27. The average molecular weight is 253 g/mol. The third kappa shape index (κ3) is 2.71. The minimum Gasteiger partial charge on any atom is -0.378 e. The maximum absolute atomic E-state index is 5.73.